The van der Waals surface area contributed by atoms with Crippen molar-refractivity contribution in [1.29, 1.82) is 0 Å². The largest absolute Gasteiger partial charge is 0.394 e. The van der Waals surface area contributed by atoms with Crippen molar-refractivity contribution in [2.75, 3.05) is 46.2 Å². The van der Waals surface area contributed by atoms with Crippen molar-refractivity contribution in [3.63, 3.8) is 0 Å². The SMILES string of the molecule is CC1OC(OC2C(C)C(OCCOCCOCCN)OC(CO)[C@H]2O)C(O)C(O)C1O. The van der Waals surface area contributed by atoms with Crippen LogP contribution in [0, 0.1) is 5.92 Å². The molecule has 184 valence electrons. The molecule has 2 heterocycles. The fraction of sp³-hybridized carbons (Fsp3) is 1.00. The monoisotopic (exact) mass is 455 g/mol. The highest BCUT2D eigenvalue weighted by Gasteiger charge is 2.49. The Hall–Kier alpha value is -0.480. The number of ether oxygens (including phenoxy) is 6. The molecule has 0 bridgehead atoms. The van der Waals surface area contributed by atoms with Crippen LogP contribution in [0.15, 0.2) is 0 Å². The Bertz CT molecular complexity index is 501. The molecule has 10 atom stereocenters. The van der Waals surface area contributed by atoms with Crippen molar-refractivity contribution in [3.05, 3.63) is 0 Å². The van der Waals surface area contributed by atoms with Crippen LogP contribution in [-0.2, 0) is 28.4 Å². The van der Waals surface area contributed by atoms with Crippen molar-refractivity contribution >= 4 is 0 Å². The summed E-state index contributed by atoms with van der Waals surface area (Å²) in [4.78, 5) is 0. The Labute approximate surface area is 181 Å². The minimum atomic E-state index is -1.52. The zero-order valence-corrected chi connectivity index (χ0v) is 18.0. The van der Waals surface area contributed by atoms with Gasteiger partial charge >= 0.3 is 0 Å². The van der Waals surface area contributed by atoms with E-state index in [1.165, 1.54) is 6.92 Å². The van der Waals surface area contributed by atoms with Gasteiger partial charge in [-0.2, -0.15) is 0 Å². The lowest BCUT2D eigenvalue weighted by Gasteiger charge is -2.46. The molecule has 0 aliphatic carbocycles. The van der Waals surface area contributed by atoms with Gasteiger partial charge in [-0.25, -0.2) is 0 Å². The van der Waals surface area contributed by atoms with Gasteiger partial charge in [0, 0.05) is 12.5 Å². The average Bonchev–Trinajstić information content (AvgIpc) is 2.76. The van der Waals surface area contributed by atoms with Gasteiger partial charge < -0.3 is 59.7 Å². The van der Waals surface area contributed by atoms with E-state index in [1.807, 2.05) is 0 Å². The maximum absolute atomic E-state index is 10.6. The van der Waals surface area contributed by atoms with E-state index in [4.69, 9.17) is 34.2 Å². The topological polar surface area (TPSA) is 183 Å². The third-order valence-corrected chi connectivity index (χ3v) is 5.40. The lowest BCUT2D eigenvalue weighted by atomic mass is 9.91. The molecular formula is C19H37NO11. The van der Waals surface area contributed by atoms with E-state index in [0.717, 1.165) is 0 Å². The number of hydrogen-bond acceptors (Lipinski definition) is 12. The van der Waals surface area contributed by atoms with Gasteiger partial charge in [-0.05, 0) is 6.92 Å². The first-order valence-electron chi connectivity index (χ1n) is 10.6. The summed E-state index contributed by atoms with van der Waals surface area (Å²) in [6.07, 6.45) is -10.3. The molecule has 2 aliphatic heterocycles. The summed E-state index contributed by atoms with van der Waals surface area (Å²) in [5, 5.41) is 50.2. The molecule has 0 aromatic heterocycles. The van der Waals surface area contributed by atoms with Gasteiger partial charge in [-0.15, -0.1) is 0 Å². The number of aliphatic hydroxyl groups is 5. The number of aliphatic hydroxyl groups excluding tert-OH is 5. The lowest BCUT2D eigenvalue weighted by Crippen LogP contribution is -2.62. The second kappa shape index (κ2) is 13.3. The summed E-state index contributed by atoms with van der Waals surface area (Å²) in [6.45, 7) is 4.97. The van der Waals surface area contributed by atoms with Gasteiger partial charge in [-0.3, -0.25) is 0 Å². The van der Waals surface area contributed by atoms with E-state index < -0.39 is 67.8 Å². The molecule has 2 rings (SSSR count). The Kier molecular flexibility index (Phi) is 11.5. The van der Waals surface area contributed by atoms with Crippen LogP contribution in [0.2, 0.25) is 0 Å². The standard InChI is InChI=1S/C19H37NO11/c1-10-17(31-19-16(25)15(24)13(22)11(2)29-19)14(23)12(9-21)30-18(10)28-8-7-27-6-5-26-4-3-20/h10-19,21-25H,3-9,20H2,1-2H3/t10?,11?,12?,13?,14-,15?,16?,17?,18?,19?/m1/s1. The molecule has 2 saturated heterocycles. The molecule has 0 aromatic rings. The summed E-state index contributed by atoms with van der Waals surface area (Å²) in [5.74, 6) is -0.513. The molecule has 2 fully saturated rings. The molecule has 12 heteroatoms. The van der Waals surface area contributed by atoms with Crippen LogP contribution in [0.3, 0.4) is 0 Å². The molecule has 7 N–H and O–H groups in total. The van der Waals surface area contributed by atoms with Gasteiger partial charge in [0.1, 0.15) is 30.5 Å². The third-order valence-electron chi connectivity index (χ3n) is 5.40. The summed E-state index contributed by atoms with van der Waals surface area (Å²) in [5.41, 5.74) is 5.33. The average molecular weight is 456 g/mol. The maximum Gasteiger partial charge on any atom is 0.186 e. The van der Waals surface area contributed by atoms with Crippen molar-refractivity contribution in [3.8, 4) is 0 Å². The Morgan fingerprint density at radius 3 is 2.06 bits per heavy atom. The Morgan fingerprint density at radius 1 is 0.774 bits per heavy atom. The van der Waals surface area contributed by atoms with Gasteiger partial charge in [0.15, 0.2) is 12.6 Å². The van der Waals surface area contributed by atoms with Crippen LogP contribution < -0.4 is 5.73 Å². The Balaban J connectivity index is 1.89. The van der Waals surface area contributed by atoms with E-state index in [0.29, 0.717) is 26.4 Å². The van der Waals surface area contributed by atoms with Crippen LogP contribution in [0.4, 0.5) is 0 Å². The van der Waals surface area contributed by atoms with E-state index in [9.17, 15) is 25.5 Å². The predicted molar refractivity (Wildman–Crippen MR) is 105 cm³/mol. The number of nitrogens with two attached hydrogens (primary N) is 1. The van der Waals surface area contributed by atoms with E-state index in [-0.39, 0.29) is 13.2 Å². The van der Waals surface area contributed by atoms with Crippen molar-refractivity contribution < 1.29 is 54.0 Å². The van der Waals surface area contributed by atoms with Gasteiger partial charge in [0.2, 0.25) is 0 Å². The summed E-state index contributed by atoms with van der Waals surface area (Å²) >= 11 is 0. The molecule has 0 radical (unpaired) electrons. The van der Waals surface area contributed by atoms with Crippen LogP contribution in [-0.4, -0.2) is 127 Å². The van der Waals surface area contributed by atoms with Crippen molar-refractivity contribution in [1.82, 2.24) is 0 Å². The second-order valence-electron chi connectivity index (χ2n) is 7.74. The minimum absolute atomic E-state index is 0.192. The lowest BCUT2D eigenvalue weighted by molar-refractivity contribution is -0.348. The number of hydrogen-bond donors (Lipinski definition) is 6. The molecule has 12 nitrogen and oxygen atoms in total. The molecule has 2 aliphatic rings. The summed E-state index contributed by atoms with van der Waals surface area (Å²) < 4.78 is 33.2. The van der Waals surface area contributed by atoms with Crippen LogP contribution in [0.1, 0.15) is 13.8 Å². The summed E-state index contributed by atoms with van der Waals surface area (Å²) in [7, 11) is 0. The summed E-state index contributed by atoms with van der Waals surface area (Å²) in [6, 6.07) is 0. The van der Waals surface area contributed by atoms with Crippen LogP contribution in [0.5, 0.6) is 0 Å². The Morgan fingerprint density at radius 2 is 1.42 bits per heavy atom. The molecule has 9 unspecified atom stereocenters. The zero-order valence-electron chi connectivity index (χ0n) is 18.0. The highest BCUT2D eigenvalue weighted by Crippen LogP contribution is 2.32. The zero-order chi connectivity index (χ0) is 23.0. The van der Waals surface area contributed by atoms with Crippen molar-refractivity contribution in [2.24, 2.45) is 11.7 Å². The van der Waals surface area contributed by atoms with Gasteiger partial charge in [0.25, 0.3) is 0 Å². The smallest absolute Gasteiger partial charge is 0.186 e. The minimum Gasteiger partial charge on any atom is -0.394 e. The van der Waals surface area contributed by atoms with Crippen LogP contribution >= 0.6 is 0 Å². The molecular weight excluding hydrogens is 418 g/mol. The fourth-order valence-corrected chi connectivity index (χ4v) is 3.51. The molecule has 0 aromatic carbocycles. The highest BCUT2D eigenvalue weighted by atomic mass is 16.7. The molecule has 0 saturated carbocycles. The van der Waals surface area contributed by atoms with Crippen LogP contribution in [0.25, 0.3) is 0 Å². The van der Waals surface area contributed by atoms with E-state index in [1.54, 1.807) is 6.92 Å². The second-order valence-corrected chi connectivity index (χ2v) is 7.74. The van der Waals surface area contributed by atoms with Crippen molar-refractivity contribution in [2.45, 2.75) is 69.2 Å². The normalized spacial score (nSPS) is 41.4. The van der Waals surface area contributed by atoms with E-state index in [2.05, 4.69) is 0 Å². The highest BCUT2D eigenvalue weighted by molar-refractivity contribution is 4.92. The molecule has 0 spiro atoms. The molecule has 31 heavy (non-hydrogen) atoms. The fourth-order valence-electron chi connectivity index (χ4n) is 3.51. The number of rotatable bonds is 12. The third kappa shape index (κ3) is 7.25. The predicted octanol–water partition coefficient (Wildman–Crippen LogP) is -3.08. The maximum atomic E-state index is 10.6. The first-order valence-corrected chi connectivity index (χ1v) is 10.6. The quantitative estimate of drug-likeness (QED) is 0.163. The van der Waals surface area contributed by atoms with Gasteiger partial charge in [-0.1, -0.05) is 6.92 Å². The van der Waals surface area contributed by atoms with E-state index >= 15 is 0 Å². The first kappa shape index (κ1) is 26.8. The molecule has 0 amide bonds. The first-order chi connectivity index (χ1) is 14.8. The van der Waals surface area contributed by atoms with Gasteiger partial charge in [0.05, 0.1) is 51.8 Å².